The van der Waals surface area contributed by atoms with E-state index in [9.17, 15) is 9.59 Å². The molecule has 23 heavy (non-hydrogen) atoms. The molecule has 7 heteroatoms. The molecular weight excluding hydrogens is 296 g/mol. The largest absolute Gasteiger partial charge is 0.424 e. The van der Waals surface area contributed by atoms with Crippen LogP contribution >= 0.6 is 0 Å². The van der Waals surface area contributed by atoms with Crippen LogP contribution in [0, 0.1) is 23.7 Å². The predicted octanol–water partition coefficient (Wildman–Crippen LogP) is 1.57. The quantitative estimate of drug-likeness (QED) is 0.857. The number of hydrogen-bond donors (Lipinski definition) is 2. The number of carbonyl (C=O) groups is 2. The summed E-state index contributed by atoms with van der Waals surface area (Å²) in [6.45, 7) is 10.3. The molecular formula is C16H26N4O3. The highest BCUT2D eigenvalue weighted by atomic mass is 16.4. The van der Waals surface area contributed by atoms with Crippen LogP contribution in [-0.2, 0) is 16.1 Å². The third-order valence-corrected chi connectivity index (χ3v) is 5.36. The SMILES string of the molecule is CCNC(=O)[C@H]1CC[C@@](C)(C(=O)NCc2nnc(C)o2)C1(C)C. The summed E-state index contributed by atoms with van der Waals surface area (Å²) in [6, 6.07) is 0. The second-order valence-electron chi connectivity index (χ2n) is 6.94. The van der Waals surface area contributed by atoms with Gasteiger partial charge in [-0.2, -0.15) is 0 Å². The second-order valence-corrected chi connectivity index (χ2v) is 6.94. The van der Waals surface area contributed by atoms with Crippen molar-refractivity contribution >= 4 is 11.8 Å². The Bertz CT molecular complexity index is 596. The molecule has 1 aromatic heterocycles. The topological polar surface area (TPSA) is 97.1 Å². The van der Waals surface area contributed by atoms with Crippen molar-refractivity contribution in [3.8, 4) is 0 Å². The predicted molar refractivity (Wildman–Crippen MR) is 84.2 cm³/mol. The minimum atomic E-state index is -0.613. The van der Waals surface area contributed by atoms with E-state index in [2.05, 4.69) is 20.8 Å². The Kier molecular flexibility index (Phi) is 4.77. The minimum absolute atomic E-state index is 0.0292. The zero-order valence-corrected chi connectivity index (χ0v) is 14.5. The van der Waals surface area contributed by atoms with Crippen molar-refractivity contribution in [2.45, 2.75) is 54.0 Å². The maximum atomic E-state index is 12.8. The van der Waals surface area contributed by atoms with E-state index in [0.29, 0.717) is 31.2 Å². The summed E-state index contributed by atoms with van der Waals surface area (Å²) in [4.78, 5) is 25.0. The molecule has 2 amide bonds. The number of amides is 2. The fraction of sp³-hybridized carbons (Fsp3) is 0.750. The van der Waals surface area contributed by atoms with Gasteiger partial charge in [0.15, 0.2) is 0 Å². The Morgan fingerprint density at radius 3 is 2.52 bits per heavy atom. The molecule has 1 aromatic rings. The molecule has 1 heterocycles. The fourth-order valence-electron chi connectivity index (χ4n) is 3.42. The molecule has 1 fully saturated rings. The lowest BCUT2D eigenvalue weighted by Gasteiger charge is -2.39. The lowest BCUT2D eigenvalue weighted by atomic mass is 9.65. The number of aryl methyl sites for hydroxylation is 1. The van der Waals surface area contributed by atoms with Crippen LogP contribution in [-0.4, -0.2) is 28.6 Å². The number of carbonyl (C=O) groups excluding carboxylic acids is 2. The van der Waals surface area contributed by atoms with E-state index >= 15 is 0 Å². The van der Waals surface area contributed by atoms with Crippen molar-refractivity contribution in [3.05, 3.63) is 11.8 Å². The van der Waals surface area contributed by atoms with Gasteiger partial charge in [-0.15, -0.1) is 10.2 Å². The van der Waals surface area contributed by atoms with Gasteiger partial charge in [0.2, 0.25) is 23.6 Å². The summed E-state index contributed by atoms with van der Waals surface area (Å²) in [6.07, 6.45) is 1.39. The molecule has 7 nitrogen and oxygen atoms in total. The van der Waals surface area contributed by atoms with Crippen LogP contribution in [0.25, 0.3) is 0 Å². The average molecular weight is 322 g/mol. The van der Waals surface area contributed by atoms with Gasteiger partial charge in [-0.25, -0.2) is 0 Å². The fourth-order valence-corrected chi connectivity index (χ4v) is 3.42. The molecule has 1 aliphatic carbocycles. The van der Waals surface area contributed by atoms with Crippen LogP contribution in [0.1, 0.15) is 52.3 Å². The van der Waals surface area contributed by atoms with Gasteiger partial charge in [0.25, 0.3) is 0 Å². The first-order valence-electron chi connectivity index (χ1n) is 8.07. The Morgan fingerprint density at radius 2 is 1.96 bits per heavy atom. The van der Waals surface area contributed by atoms with Gasteiger partial charge in [-0.1, -0.05) is 20.8 Å². The van der Waals surface area contributed by atoms with Gasteiger partial charge in [0, 0.05) is 19.4 Å². The molecule has 2 rings (SSSR count). The highest BCUT2D eigenvalue weighted by Crippen LogP contribution is 2.56. The van der Waals surface area contributed by atoms with Crippen molar-refractivity contribution in [1.82, 2.24) is 20.8 Å². The van der Waals surface area contributed by atoms with E-state index in [0.717, 1.165) is 0 Å². The van der Waals surface area contributed by atoms with Crippen LogP contribution in [0.3, 0.4) is 0 Å². The summed E-state index contributed by atoms with van der Waals surface area (Å²) in [5, 5.41) is 13.4. The van der Waals surface area contributed by atoms with Crippen LogP contribution in [0.4, 0.5) is 0 Å². The molecule has 0 spiro atoms. The first-order chi connectivity index (χ1) is 10.7. The average Bonchev–Trinajstić information content (AvgIpc) is 2.99. The van der Waals surface area contributed by atoms with Crippen molar-refractivity contribution < 1.29 is 14.0 Å². The summed E-state index contributed by atoms with van der Waals surface area (Å²) < 4.78 is 5.27. The molecule has 0 aromatic carbocycles. The van der Waals surface area contributed by atoms with Crippen molar-refractivity contribution in [1.29, 1.82) is 0 Å². The van der Waals surface area contributed by atoms with E-state index in [-0.39, 0.29) is 24.3 Å². The smallest absolute Gasteiger partial charge is 0.235 e. The van der Waals surface area contributed by atoms with Crippen LogP contribution in [0.15, 0.2) is 4.42 Å². The number of nitrogens with one attached hydrogen (secondary N) is 2. The van der Waals surface area contributed by atoms with Crippen LogP contribution in [0.2, 0.25) is 0 Å². The van der Waals surface area contributed by atoms with Gasteiger partial charge in [-0.3, -0.25) is 9.59 Å². The Hall–Kier alpha value is -1.92. The van der Waals surface area contributed by atoms with Crippen molar-refractivity contribution in [2.24, 2.45) is 16.7 Å². The Labute approximate surface area is 136 Å². The standard InChI is InChI=1S/C16H26N4O3/c1-6-17-13(21)11-7-8-16(5,15(11,3)4)14(22)18-9-12-20-19-10(2)23-12/h11H,6-9H2,1-5H3,(H,17,21)(H,18,22)/t11-,16+/m1/s1. The number of rotatable bonds is 5. The molecule has 0 bridgehead atoms. The molecule has 0 radical (unpaired) electrons. The molecule has 2 N–H and O–H groups in total. The summed E-state index contributed by atoms with van der Waals surface area (Å²) in [5.41, 5.74) is -1.04. The molecule has 1 aliphatic rings. The van der Waals surface area contributed by atoms with Crippen molar-refractivity contribution in [2.75, 3.05) is 6.54 Å². The molecule has 0 aliphatic heterocycles. The highest BCUT2D eigenvalue weighted by Gasteiger charge is 2.57. The van der Waals surface area contributed by atoms with E-state index in [4.69, 9.17) is 4.42 Å². The summed E-state index contributed by atoms with van der Waals surface area (Å²) >= 11 is 0. The number of hydrogen-bond acceptors (Lipinski definition) is 5. The first-order valence-corrected chi connectivity index (χ1v) is 8.07. The van der Waals surface area contributed by atoms with E-state index < -0.39 is 10.8 Å². The van der Waals surface area contributed by atoms with E-state index in [1.807, 2.05) is 27.7 Å². The number of nitrogens with zero attached hydrogens (tertiary/aromatic N) is 2. The second kappa shape index (κ2) is 6.29. The number of aromatic nitrogens is 2. The first kappa shape index (κ1) is 17.4. The van der Waals surface area contributed by atoms with Crippen molar-refractivity contribution in [3.63, 3.8) is 0 Å². The third kappa shape index (κ3) is 3.09. The Balaban J connectivity index is 2.07. The molecule has 128 valence electrons. The minimum Gasteiger partial charge on any atom is -0.424 e. The Morgan fingerprint density at radius 1 is 1.26 bits per heavy atom. The summed E-state index contributed by atoms with van der Waals surface area (Å²) in [5.74, 6) is 0.643. The highest BCUT2D eigenvalue weighted by molar-refractivity contribution is 5.87. The maximum Gasteiger partial charge on any atom is 0.235 e. The van der Waals surface area contributed by atoms with E-state index in [1.165, 1.54) is 0 Å². The monoisotopic (exact) mass is 322 g/mol. The van der Waals surface area contributed by atoms with Crippen LogP contribution in [0.5, 0.6) is 0 Å². The molecule has 0 saturated heterocycles. The third-order valence-electron chi connectivity index (χ3n) is 5.36. The zero-order valence-electron chi connectivity index (χ0n) is 14.5. The van der Waals surface area contributed by atoms with E-state index in [1.54, 1.807) is 6.92 Å². The summed E-state index contributed by atoms with van der Waals surface area (Å²) in [7, 11) is 0. The molecule has 1 saturated carbocycles. The normalized spacial score (nSPS) is 26.0. The lowest BCUT2D eigenvalue weighted by Crippen LogP contribution is -2.49. The molecule has 0 unspecified atom stereocenters. The molecule has 2 atom stereocenters. The van der Waals surface area contributed by atoms with Gasteiger partial charge >= 0.3 is 0 Å². The zero-order chi connectivity index (χ0) is 17.3. The lowest BCUT2D eigenvalue weighted by molar-refractivity contribution is -0.139. The van der Waals surface area contributed by atoms with Gasteiger partial charge in [-0.05, 0) is 25.2 Å². The van der Waals surface area contributed by atoms with Gasteiger partial charge < -0.3 is 15.1 Å². The maximum absolute atomic E-state index is 12.8. The van der Waals surface area contributed by atoms with Crippen LogP contribution < -0.4 is 10.6 Å². The van der Waals surface area contributed by atoms with Gasteiger partial charge in [0.05, 0.1) is 12.0 Å². The van der Waals surface area contributed by atoms with Gasteiger partial charge in [0.1, 0.15) is 0 Å².